The minimum absolute atomic E-state index is 0.0315. The standard InChI is InChI=1S/C18H15N3O3/c22-17-8-7-15-14(12-4-2-1-3-5-12)10-16(17)20(15)18-9-6-13(11-19-18)21(23)24/h1-9,11,14-16H,10H2/t14-,15?,16?/m0/s1. The van der Waals surface area contributed by atoms with Crippen molar-refractivity contribution in [2.45, 2.75) is 24.4 Å². The maximum atomic E-state index is 12.3. The van der Waals surface area contributed by atoms with Gasteiger partial charge in [-0.05, 0) is 24.1 Å². The molecule has 1 saturated heterocycles. The van der Waals surface area contributed by atoms with Crippen molar-refractivity contribution >= 4 is 17.3 Å². The first-order valence-electron chi connectivity index (χ1n) is 7.81. The van der Waals surface area contributed by atoms with Gasteiger partial charge in [0.25, 0.3) is 5.69 Å². The number of carbonyl (C=O) groups excluding carboxylic acids is 1. The predicted octanol–water partition coefficient (Wildman–Crippen LogP) is 2.86. The van der Waals surface area contributed by atoms with Crippen LogP contribution in [0, 0.1) is 10.1 Å². The highest BCUT2D eigenvalue weighted by atomic mass is 16.6. The first-order chi connectivity index (χ1) is 11.6. The van der Waals surface area contributed by atoms with Crippen molar-refractivity contribution in [3.63, 3.8) is 0 Å². The molecule has 1 aromatic carbocycles. The number of aromatic nitrogens is 1. The van der Waals surface area contributed by atoms with Crippen molar-refractivity contribution < 1.29 is 9.72 Å². The summed E-state index contributed by atoms with van der Waals surface area (Å²) in [5.41, 5.74) is 1.14. The van der Waals surface area contributed by atoms with Crippen molar-refractivity contribution in [1.29, 1.82) is 0 Å². The lowest BCUT2D eigenvalue weighted by Gasteiger charge is -2.32. The maximum Gasteiger partial charge on any atom is 0.287 e. The van der Waals surface area contributed by atoms with Crippen LogP contribution >= 0.6 is 0 Å². The number of benzene rings is 1. The Bertz CT molecular complexity index is 817. The Balaban J connectivity index is 1.71. The molecule has 3 atom stereocenters. The molecular formula is C18H15N3O3. The van der Waals surface area contributed by atoms with Crippen LogP contribution in [0.2, 0.25) is 0 Å². The van der Waals surface area contributed by atoms with Gasteiger partial charge in [0.1, 0.15) is 12.0 Å². The van der Waals surface area contributed by atoms with Crippen LogP contribution in [0.4, 0.5) is 11.5 Å². The number of nitrogens with zero attached hydrogens (tertiary/aromatic N) is 3. The molecule has 2 aliphatic rings. The summed E-state index contributed by atoms with van der Waals surface area (Å²) in [6.45, 7) is 0. The highest BCUT2D eigenvalue weighted by Crippen LogP contribution is 2.43. The molecule has 0 radical (unpaired) electrons. The molecule has 120 valence electrons. The molecule has 2 bridgehead atoms. The molecule has 4 rings (SSSR count). The van der Waals surface area contributed by atoms with Gasteiger partial charge in [-0.3, -0.25) is 14.9 Å². The fourth-order valence-corrected chi connectivity index (χ4v) is 3.66. The first-order valence-corrected chi connectivity index (χ1v) is 7.81. The van der Waals surface area contributed by atoms with Crippen LogP contribution in [-0.2, 0) is 4.79 Å². The summed E-state index contributed by atoms with van der Waals surface area (Å²) in [7, 11) is 0. The molecule has 24 heavy (non-hydrogen) atoms. The topological polar surface area (TPSA) is 76.3 Å². The lowest BCUT2D eigenvalue weighted by Crippen LogP contribution is -2.43. The number of hydrogen-bond donors (Lipinski definition) is 0. The van der Waals surface area contributed by atoms with Gasteiger partial charge in [-0.15, -0.1) is 0 Å². The van der Waals surface area contributed by atoms with Gasteiger partial charge in [-0.2, -0.15) is 0 Å². The highest BCUT2D eigenvalue weighted by molar-refractivity contribution is 5.99. The Morgan fingerprint density at radius 3 is 2.62 bits per heavy atom. The Labute approximate surface area is 138 Å². The molecule has 1 fully saturated rings. The zero-order chi connectivity index (χ0) is 16.7. The largest absolute Gasteiger partial charge is 0.339 e. The van der Waals surface area contributed by atoms with E-state index in [0.717, 1.165) is 6.42 Å². The second-order valence-electron chi connectivity index (χ2n) is 6.06. The second kappa shape index (κ2) is 5.56. The monoisotopic (exact) mass is 321 g/mol. The molecule has 0 amide bonds. The van der Waals surface area contributed by atoms with E-state index in [4.69, 9.17) is 0 Å². The lowest BCUT2D eigenvalue weighted by atomic mass is 9.91. The van der Waals surface area contributed by atoms with Gasteiger partial charge in [0, 0.05) is 12.0 Å². The van der Waals surface area contributed by atoms with Crippen molar-refractivity contribution in [2.75, 3.05) is 4.90 Å². The molecule has 2 aliphatic heterocycles. The molecule has 1 aromatic heterocycles. The number of pyridine rings is 1. The molecule has 6 nitrogen and oxygen atoms in total. The van der Waals surface area contributed by atoms with E-state index in [-0.39, 0.29) is 29.5 Å². The van der Waals surface area contributed by atoms with Crippen LogP contribution in [-0.4, -0.2) is 27.8 Å². The molecule has 2 aromatic rings. The number of rotatable bonds is 3. The normalized spacial score (nSPS) is 25.1. The van der Waals surface area contributed by atoms with Gasteiger partial charge < -0.3 is 4.90 Å². The SMILES string of the molecule is O=C1C=CC2[C@H](c3ccccc3)CC1N2c1ccc([N+](=O)[O-])cn1. The zero-order valence-electron chi connectivity index (χ0n) is 12.8. The van der Waals surface area contributed by atoms with E-state index in [2.05, 4.69) is 17.1 Å². The third kappa shape index (κ3) is 2.27. The predicted molar refractivity (Wildman–Crippen MR) is 88.9 cm³/mol. The summed E-state index contributed by atoms with van der Waals surface area (Å²) >= 11 is 0. The van der Waals surface area contributed by atoms with Crippen LogP contribution in [0.1, 0.15) is 17.9 Å². The van der Waals surface area contributed by atoms with E-state index < -0.39 is 4.92 Å². The van der Waals surface area contributed by atoms with Crippen molar-refractivity contribution in [3.05, 3.63) is 76.5 Å². The number of ketones is 1. The molecular weight excluding hydrogens is 306 g/mol. The van der Waals surface area contributed by atoms with Crippen molar-refractivity contribution in [3.8, 4) is 0 Å². The summed E-state index contributed by atoms with van der Waals surface area (Å²) < 4.78 is 0. The Morgan fingerprint density at radius 1 is 1.17 bits per heavy atom. The van der Waals surface area contributed by atoms with E-state index >= 15 is 0 Å². The molecule has 6 heteroatoms. The smallest absolute Gasteiger partial charge is 0.287 e. The van der Waals surface area contributed by atoms with E-state index in [0.29, 0.717) is 5.82 Å². The van der Waals surface area contributed by atoms with Crippen molar-refractivity contribution in [2.24, 2.45) is 0 Å². The van der Waals surface area contributed by atoms with Crippen LogP contribution in [0.15, 0.2) is 60.8 Å². The molecule has 0 saturated carbocycles. The third-order valence-electron chi connectivity index (χ3n) is 4.77. The fourth-order valence-electron chi connectivity index (χ4n) is 3.66. The summed E-state index contributed by atoms with van der Waals surface area (Å²) in [6, 6.07) is 12.9. The van der Waals surface area contributed by atoms with Gasteiger partial charge in [0.2, 0.25) is 0 Å². The quantitative estimate of drug-likeness (QED) is 0.642. The molecule has 3 heterocycles. The lowest BCUT2D eigenvalue weighted by molar-refractivity contribution is -0.385. The third-order valence-corrected chi connectivity index (χ3v) is 4.77. The number of carbonyl (C=O) groups is 1. The van der Waals surface area contributed by atoms with Gasteiger partial charge >= 0.3 is 0 Å². The molecule has 0 N–H and O–H groups in total. The number of anilines is 1. The number of hydrogen-bond acceptors (Lipinski definition) is 5. The summed E-state index contributed by atoms with van der Waals surface area (Å²) in [6.07, 6.45) is 5.54. The minimum Gasteiger partial charge on any atom is -0.339 e. The van der Waals surface area contributed by atoms with Crippen molar-refractivity contribution in [1.82, 2.24) is 4.98 Å². The summed E-state index contributed by atoms with van der Waals surface area (Å²) in [5, 5.41) is 10.8. The Kier molecular flexibility index (Phi) is 3.37. The second-order valence-corrected chi connectivity index (χ2v) is 6.06. The minimum atomic E-state index is -0.473. The number of nitro groups is 1. The number of fused-ring (bicyclic) bond motifs is 2. The van der Waals surface area contributed by atoms with E-state index in [1.54, 1.807) is 12.1 Å². The van der Waals surface area contributed by atoms with Gasteiger partial charge in [-0.1, -0.05) is 36.4 Å². The van der Waals surface area contributed by atoms with E-state index in [1.165, 1.54) is 17.8 Å². The molecule has 0 aliphatic carbocycles. The highest BCUT2D eigenvalue weighted by Gasteiger charge is 2.46. The van der Waals surface area contributed by atoms with Crippen LogP contribution in [0.5, 0.6) is 0 Å². The van der Waals surface area contributed by atoms with E-state index in [1.807, 2.05) is 29.2 Å². The Hall–Kier alpha value is -3.02. The van der Waals surface area contributed by atoms with Gasteiger partial charge in [0.05, 0.1) is 17.0 Å². The van der Waals surface area contributed by atoms with Crippen LogP contribution in [0.25, 0.3) is 0 Å². The van der Waals surface area contributed by atoms with Crippen LogP contribution < -0.4 is 4.90 Å². The average Bonchev–Trinajstić information content (AvgIpc) is 2.91. The first kappa shape index (κ1) is 14.6. The zero-order valence-corrected chi connectivity index (χ0v) is 12.8. The summed E-state index contributed by atoms with van der Waals surface area (Å²) in [5.74, 6) is 0.868. The molecule has 2 unspecified atom stereocenters. The summed E-state index contributed by atoms with van der Waals surface area (Å²) in [4.78, 5) is 28.9. The van der Waals surface area contributed by atoms with Crippen LogP contribution in [0.3, 0.4) is 0 Å². The fraction of sp³-hybridized carbons (Fsp3) is 0.222. The maximum absolute atomic E-state index is 12.3. The van der Waals surface area contributed by atoms with E-state index in [9.17, 15) is 14.9 Å². The average molecular weight is 321 g/mol. The molecule has 0 spiro atoms. The van der Waals surface area contributed by atoms with Gasteiger partial charge in [0.15, 0.2) is 5.78 Å². The Morgan fingerprint density at radius 2 is 1.96 bits per heavy atom. The van der Waals surface area contributed by atoms with Gasteiger partial charge in [-0.25, -0.2) is 4.98 Å².